The van der Waals surface area contributed by atoms with Crippen molar-refractivity contribution in [1.29, 1.82) is 0 Å². The van der Waals surface area contributed by atoms with E-state index in [-0.39, 0.29) is 0 Å². The Labute approximate surface area is 59.6 Å². The van der Waals surface area contributed by atoms with Crippen LogP contribution in [0.3, 0.4) is 0 Å². The number of imidazole rings is 1. The Morgan fingerprint density at radius 1 is 1.70 bits per heavy atom. The molecule has 0 bridgehead atoms. The van der Waals surface area contributed by atoms with Crippen LogP contribution in [0.1, 0.15) is 11.4 Å². The molecule has 2 rings (SSSR count). The molecule has 3 nitrogen and oxygen atoms in total. The van der Waals surface area contributed by atoms with Crippen molar-refractivity contribution >= 4 is 0 Å². The minimum absolute atomic E-state index is 0.728. The van der Waals surface area contributed by atoms with Crippen LogP contribution in [0.15, 0.2) is 6.33 Å². The second kappa shape index (κ2) is 2.09. The van der Waals surface area contributed by atoms with Gasteiger partial charge >= 0.3 is 0 Å². The third-order valence-corrected chi connectivity index (χ3v) is 1.87. The highest BCUT2D eigenvalue weighted by Crippen LogP contribution is 2.11. The zero-order valence-electron chi connectivity index (χ0n) is 6.00. The first-order valence-electron chi connectivity index (χ1n) is 3.46. The molecule has 1 aliphatic heterocycles. The molecule has 0 atom stereocenters. The van der Waals surface area contributed by atoms with E-state index in [0.29, 0.717) is 0 Å². The first kappa shape index (κ1) is 5.92. The smallest absolute Gasteiger partial charge is 0.0953 e. The Bertz CT molecular complexity index is 242. The van der Waals surface area contributed by atoms with E-state index in [2.05, 4.69) is 9.55 Å². The SMILES string of the molecule is Cc1ncn2c1COCC2. The number of aromatic nitrogens is 2. The molecule has 0 saturated heterocycles. The summed E-state index contributed by atoms with van der Waals surface area (Å²) in [5, 5.41) is 0. The van der Waals surface area contributed by atoms with Crippen LogP contribution >= 0.6 is 0 Å². The zero-order chi connectivity index (χ0) is 6.97. The topological polar surface area (TPSA) is 27.1 Å². The Hall–Kier alpha value is -0.830. The maximum atomic E-state index is 5.27. The van der Waals surface area contributed by atoms with Gasteiger partial charge in [-0.2, -0.15) is 0 Å². The van der Waals surface area contributed by atoms with E-state index in [1.54, 1.807) is 0 Å². The van der Waals surface area contributed by atoms with E-state index in [9.17, 15) is 0 Å². The Kier molecular flexibility index (Phi) is 1.24. The predicted molar refractivity (Wildman–Crippen MR) is 36.6 cm³/mol. The molecule has 0 aromatic carbocycles. The number of hydrogen-bond donors (Lipinski definition) is 0. The minimum atomic E-state index is 0.728. The van der Waals surface area contributed by atoms with Gasteiger partial charge in [-0.3, -0.25) is 0 Å². The van der Waals surface area contributed by atoms with Crippen LogP contribution < -0.4 is 0 Å². The lowest BCUT2D eigenvalue weighted by Gasteiger charge is -2.14. The summed E-state index contributed by atoms with van der Waals surface area (Å²) in [6.45, 7) is 4.52. The van der Waals surface area contributed by atoms with Crippen molar-refractivity contribution in [2.75, 3.05) is 6.61 Å². The van der Waals surface area contributed by atoms with Crippen LogP contribution in [-0.4, -0.2) is 16.2 Å². The third kappa shape index (κ3) is 0.743. The second-order valence-electron chi connectivity index (χ2n) is 2.52. The van der Waals surface area contributed by atoms with Crippen molar-refractivity contribution in [2.45, 2.75) is 20.1 Å². The first-order chi connectivity index (χ1) is 4.88. The van der Waals surface area contributed by atoms with Gasteiger partial charge < -0.3 is 9.30 Å². The summed E-state index contributed by atoms with van der Waals surface area (Å²) >= 11 is 0. The molecule has 54 valence electrons. The fourth-order valence-electron chi connectivity index (χ4n) is 1.22. The highest BCUT2D eigenvalue weighted by Gasteiger charge is 2.10. The summed E-state index contributed by atoms with van der Waals surface area (Å²) in [5.74, 6) is 0. The molecule has 0 saturated carbocycles. The number of aryl methyl sites for hydroxylation is 1. The van der Waals surface area contributed by atoms with Gasteiger partial charge in [0.15, 0.2) is 0 Å². The van der Waals surface area contributed by atoms with E-state index in [1.807, 2.05) is 13.3 Å². The molecule has 0 unspecified atom stereocenters. The molecule has 2 heterocycles. The fraction of sp³-hybridized carbons (Fsp3) is 0.571. The average Bonchev–Trinajstić information content (AvgIpc) is 2.34. The fourth-order valence-corrected chi connectivity index (χ4v) is 1.22. The van der Waals surface area contributed by atoms with Crippen LogP contribution in [0.2, 0.25) is 0 Å². The summed E-state index contributed by atoms with van der Waals surface area (Å²) in [5.41, 5.74) is 2.32. The summed E-state index contributed by atoms with van der Waals surface area (Å²) in [6, 6.07) is 0. The zero-order valence-corrected chi connectivity index (χ0v) is 6.00. The molecule has 1 aromatic rings. The van der Waals surface area contributed by atoms with Crippen molar-refractivity contribution in [3.8, 4) is 0 Å². The number of fused-ring (bicyclic) bond motifs is 1. The van der Waals surface area contributed by atoms with E-state index in [0.717, 1.165) is 25.5 Å². The van der Waals surface area contributed by atoms with Gasteiger partial charge in [-0.1, -0.05) is 0 Å². The molecule has 1 aromatic heterocycles. The highest BCUT2D eigenvalue weighted by molar-refractivity contribution is 5.10. The van der Waals surface area contributed by atoms with Gasteiger partial charge in [0.25, 0.3) is 0 Å². The maximum absolute atomic E-state index is 5.27. The quantitative estimate of drug-likeness (QED) is 0.528. The van der Waals surface area contributed by atoms with E-state index < -0.39 is 0 Å². The molecular weight excluding hydrogens is 128 g/mol. The van der Waals surface area contributed by atoms with Crippen molar-refractivity contribution < 1.29 is 4.74 Å². The van der Waals surface area contributed by atoms with Gasteiger partial charge in [0, 0.05) is 6.54 Å². The lowest BCUT2D eigenvalue weighted by atomic mass is 10.3. The van der Waals surface area contributed by atoms with Crippen LogP contribution in [0, 0.1) is 6.92 Å². The molecule has 0 amide bonds. The molecule has 0 aliphatic carbocycles. The molecule has 1 aliphatic rings. The molecule has 0 N–H and O–H groups in total. The van der Waals surface area contributed by atoms with E-state index in [4.69, 9.17) is 4.74 Å². The summed E-state index contributed by atoms with van der Waals surface area (Å²) in [4.78, 5) is 4.18. The first-order valence-corrected chi connectivity index (χ1v) is 3.46. The van der Waals surface area contributed by atoms with E-state index in [1.165, 1.54) is 5.69 Å². The normalized spacial score (nSPS) is 16.9. The van der Waals surface area contributed by atoms with Crippen LogP contribution in [0.4, 0.5) is 0 Å². The van der Waals surface area contributed by atoms with Crippen molar-refractivity contribution in [3.63, 3.8) is 0 Å². The number of rotatable bonds is 0. The molecule has 0 radical (unpaired) electrons. The number of ether oxygens (including phenoxy) is 1. The lowest BCUT2D eigenvalue weighted by Crippen LogP contribution is -2.15. The van der Waals surface area contributed by atoms with E-state index >= 15 is 0 Å². The van der Waals surface area contributed by atoms with Crippen LogP contribution in [0.5, 0.6) is 0 Å². The van der Waals surface area contributed by atoms with Crippen molar-refractivity contribution in [2.24, 2.45) is 0 Å². The standard InChI is InChI=1S/C7H10N2O/c1-6-7-4-10-3-2-9(7)5-8-6/h5H,2-4H2,1H3. The largest absolute Gasteiger partial charge is 0.373 e. The number of hydrogen-bond acceptors (Lipinski definition) is 2. The van der Waals surface area contributed by atoms with Crippen LogP contribution in [0.25, 0.3) is 0 Å². The monoisotopic (exact) mass is 138 g/mol. The van der Waals surface area contributed by atoms with Crippen molar-refractivity contribution in [1.82, 2.24) is 9.55 Å². The Morgan fingerprint density at radius 3 is 3.40 bits per heavy atom. The van der Waals surface area contributed by atoms with Crippen LogP contribution in [-0.2, 0) is 17.9 Å². The van der Waals surface area contributed by atoms with Gasteiger partial charge in [-0.25, -0.2) is 4.98 Å². The molecular formula is C7H10N2O. The van der Waals surface area contributed by atoms with Gasteiger partial charge in [-0.15, -0.1) is 0 Å². The van der Waals surface area contributed by atoms with Gasteiger partial charge in [0.2, 0.25) is 0 Å². The van der Waals surface area contributed by atoms with Gasteiger partial charge in [0.05, 0.1) is 30.9 Å². The third-order valence-electron chi connectivity index (χ3n) is 1.87. The van der Waals surface area contributed by atoms with Gasteiger partial charge in [0.1, 0.15) is 0 Å². The molecule has 0 fully saturated rings. The van der Waals surface area contributed by atoms with Crippen molar-refractivity contribution in [3.05, 3.63) is 17.7 Å². The molecule has 3 heteroatoms. The molecule has 10 heavy (non-hydrogen) atoms. The number of nitrogens with zero attached hydrogens (tertiary/aromatic N) is 2. The summed E-state index contributed by atoms with van der Waals surface area (Å²) < 4.78 is 7.43. The second-order valence-corrected chi connectivity index (χ2v) is 2.52. The summed E-state index contributed by atoms with van der Waals surface area (Å²) in [6.07, 6.45) is 1.88. The molecule has 0 spiro atoms. The van der Waals surface area contributed by atoms with Gasteiger partial charge in [-0.05, 0) is 6.92 Å². The maximum Gasteiger partial charge on any atom is 0.0953 e. The predicted octanol–water partition coefficient (Wildman–Crippen LogP) is 0.722. The average molecular weight is 138 g/mol. The minimum Gasteiger partial charge on any atom is -0.373 e. The highest BCUT2D eigenvalue weighted by atomic mass is 16.5. The Balaban J connectivity index is 2.45. The summed E-state index contributed by atoms with van der Waals surface area (Å²) in [7, 11) is 0. The Morgan fingerprint density at radius 2 is 2.60 bits per heavy atom. The lowest BCUT2D eigenvalue weighted by molar-refractivity contribution is 0.0845.